The molecule has 0 radical (unpaired) electrons. The lowest BCUT2D eigenvalue weighted by atomic mass is 10.1. The van der Waals surface area contributed by atoms with Gasteiger partial charge in [0, 0.05) is 24.8 Å². The molecule has 2 heterocycles. The Morgan fingerprint density at radius 3 is 3.27 bits per heavy atom. The van der Waals surface area contributed by atoms with E-state index in [0.29, 0.717) is 6.04 Å². The molecule has 2 aliphatic heterocycles. The molecule has 1 aromatic carbocycles. The van der Waals surface area contributed by atoms with E-state index in [1.54, 1.807) is 0 Å². The summed E-state index contributed by atoms with van der Waals surface area (Å²) in [5, 5.41) is 3.53. The van der Waals surface area contributed by atoms with Crippen LogP contribution in [0.1, 0.15) is 17.5 Å². The number of benzene rings is 1. The monoisotopic (exact) mass is 202 g/mol. The minimum Gasteiger partial charge on any atom is -0.367 e. The van der Waals surface area contributed by atoms with Crippen molar-refractivity contribution in [3.63, 3.8) is 0 Å². The van der Waals surface area contributed by atoms with Gasteiger partial charge in [0.15, 0.2) is 0 Å². The molecule has 1 aromatic rings. The summed E-state index contributed by atoms with van der Waals surface area (Å²) in [4.78, 5) is 2.60. The molecule has 0 spiro atoms. The van der Waals surface area contributed by atoms with E-state index >= 15 is 0 Å². The van der Waals surface area contributed by atoms with Gasteiger partial charge < -0.3 is 10.2 Å². The van der Waals surface area contributed by atoms with Gasteiger partial charge in [-0.1, -0.05) is 12.1 Å². The topological polar surface area (TPSA) is 15.3 Å². The van der Waals surface area contributed by atoms with Crippen molar-refractivity contribution < 1.29 is 0 Å². The number of hydrogen-bond acceptors (Lipinski definition) is 2. The summed E-state index contributed by atoms with van der Waals surface area (Å²) in [7, 11) is 0. The van der Waals surface area contributed by atoms with E-state index in [1.807, 2.05) is 0 Å². The van der Waals surface area contributed by atoms with Crippen LogP contribution >= 0.6 is 0 Å². The lowest BCUT2D eigenvalue weighted by Crippen LogP contribution is -2.36. The Labute approximate surface area is 91.3 Å². The number of fused-ring (bicyclic) bond motifs is 3. The highest BCUT2D eigenvalue weighted by atomic mass is 15.2. The summed E-state index contributed by atoms with van der Waals surface area (Å²) < 4.78 is 0. The molecule has 1 fully saturated rings. The summed E-state index contributed by atoms with van der Waals surface area (Å²) in [6, 6.07) is 7.59. The van der Waals surface area contributed by atoms with Gasteiger partial charge in [-0.2, -0.15) is 0 Å². The summed E-state index contributed by atoms with van der Waals surface area (Å²) in [6.07, 6.45) is 2.49. The second kappa shape index (κ2) is 3.53. The molecule has 2 aliphatic rings. The first-order valence-electron chi connectivity index (χ1n) is 5.91. The molecule has 0 aliphatic carbocycles. The van der Waals surface area contributed by atoms with Gasteiger partial charge in [-0.05, 0) is 43.5 Å². The van der Waals surface area contributed by atoms with Crippen molar-refractivity contribution in [2.45, 2.75) is 25.8 Å². The van der Waals surface area contributed by atoms with E-state index in [-0.39, 0.29) is 0 Å². The van der Waals surface area contributed by atoms with Crippen LogP contribution in [0.5, 0.6) is 0 Å². The molecule has 1 saturated heterocycles. The molecule has 0 aromatic heterocycles. The van der Waals surface area contributed by atoms with Crippen molar-refractivity contribution in [2.24, 2.45) is 0 Å². The SMILES string of the molecule is Cc1ccc2c(c1)N1CCCNCC1C2. The molecule has 15 heavy (non-hydrogen) atoms. The molecule has 1 atom stereocenters. The molecule has 1 N–H and O–H groups in total. The first-order valence-corrected chi connectivity index (χ1v) is 5.91. The molecule has 0 amide bonds. The lowest BCUT2D eigenvalue weighted by molar-refractivity contribution is 0.613. The van der Waals surface area contributed by atoms with Crippen LogP contribution in [0.3, 0.4) is 0 Å². The second-order valence-electron chi connectivity index (χ2n) is 4.74. The number of hydrogen-bond donors (Lipinski definition) is 1. The molecule has 80 valence electrons. The normalized spacial score (nSPS) is 24.6. The summed E-state index contributed by atoms with van der Waals surface area (Å²) in [6.45, 7) is 5.72. The molecule has 2 nitrogen and oxygen atoms in total. The number of nitrogens with one attached hydrogen (secondary N) is 1. The van der Waals surface area contributed by atoms with Gasteiger partial charge in [0.2, 0.25) is 0 Å². The number of anilines is 1. The Bertz CT molecular complexity index is 373. The standard InChI is InChI=1S/C13H18N2/c1-10-3-4-11-8-12-9-14-5-2-6-15(12)13(11)7-10/h3-4,7,12,14H,2,5-6,8-9H2,1H3. The van der Waals surface area contributed by atoms with Crippen LogP contribution in [0.15, 0.2) is 18.2 Å². The third-order valence-electron chi connectivity index (χ3n) is 3.58. The zero-order valence-corrected chi connectivity index (χ0v) is 9.29. The maximum Gasteiger partial charge on any atom is 0.0455 e. The second-order valence-corrected chi connectivity index (χ2v) is 4.74. The highest BCUT2D eigenvalue weighted by Gasteiger charge is 2.29. The third-order valence-corrected chi connectivity index (χ3v) is 3.58. The van der Waals surface area contributed by atoms with Crippen molar-refractivity contribution in [3.8, 4) is 0 Å². The van der Waals surface area contributed by atoms with Crippen LogP contribution in [-0.2, 0) is 6.42 Å². The first kappa shape index (κ1) is 9.22. The van der Waals surface area contributed by atoms with Gasteiger partial charge >= 0.3 is 0 Å². The summed E-state index contributed by atoms with van der Waals surface area (Å²) in [5.41, 5.74) is 4.41. The summed E-state index contributed by atoms with van der Waals surface area (Å²) >= 11 is 0. The average molecular weight is 202 g/mol. The third kappa shape index (κ3) is 1.53. The predicted octanol–water partition coefficient (Wildman–Crippen LogP) is 1.72. The Hall–Kier alpha value is -1.02. The summed E-state index contributed by atoms with van der Waals surface area (Å²) in [5.74, 6) is 0. The number of nitrogens with zero attached hydrogens (tertiary/aromatic N) is 1. The van der Waals surface area contributed by atoms with E-state index in [9.17, 15) is 0 Å². The number of aryl methyl sites for hydroxylation is 1. The molecule has 0 bridgehead atoms. The van der Waals surface area contributed by atoms with Gasteiger partial charge in [-0.3, -0.25) is 0 Å². The van der Waals surface area contributed by atoms with Gasteiger partial charge in [-0.25, -0.2) is 0 Å². The maximum absolute atomic E-state index is 3.53. The smallest absolute Gasteiger partial charge is 0.0455 e. The molecular formula is C13H18N2. The van der Waals surface area contributed by atoms with E-state index in [0.717, 1.165) is 6.54 Å². The van der Waals surface area contributed by atoms with E-state index in [4.69, 9.17) is 0 Å². The van der Waals surface area contributed by atoms with Crippen LogP contribution in [-0.4, -0.2) is 25.7 Å². The zero-order chi connectivity index (χ0) is 10.3. The lowest BCUT2D eigenvalue weighted by Gasteiger charge is -2.24. The zero-order valence-electron chi connectivity index (χ0n) is 9.29. The van der Waals surface area contributed by atoms with E-state index in [1.165, 1.54) is 42.7 Å². The van der Waals surface area contributed by atoms with Gasteiger partial charge in [0.05, 0.1) is 0 Å². The van der Waals surface area contributed by atoms with Crippen molar-refractivity contribution >= 4 is 5.69 Å². The minimum absolute atomic E-state index is 0.698. The maximum atomic E-state index is 3.53. The number of rotatable bonds is 0. The van der Waals surface area contributed by atoms with E-state index in [2.05, 4.69) is 35.3 Å². The largest absolute Gasteiger partial charge is 0.367 e. The van der Waals surface area contributed by atoms with Crippen LogP contribution in [0.25, 0.3) is 0 Å². The highest BCUT2D eigenvalue weighted by molar-refractivity contribution is 5.61. The molecule has 1 unspecified atom stereocenters. The quantitative estimate of drug-likeness (QED) is 0.689. The Morgan fingerprint density at radius 1 is 1.40 bits per heavy atom. The molecule has 0 saturated carbocycles. The van der Waals surface area contributed by atoms with Gasteiger partial charge in [-0.15, -0.1) is 0 Å². The van der Waals surface area contributed by atoms with Gasteiger partial charge in [0.1, 0.15) is 0 Å². The van der Waals surface area contributed by atoms with Crippen LogP contribution in [0.4, 0.5) is 5.69 Å². The minimum atomic E-state index is 0.698. The molecular weight excluding hydrogens is 184 g/mol. The average Bonchev–Trinajstić information content (AvgIpc) is 2.44. The Kier molecular flexibility index (Phi) is 2.17. The fourth-order valence-corrected chi connectivity index (χ4v) is 2.80. The first-order chi connectivity index (χ1) is 7.34. The Balaban J connectivity index is 1.98. The fraction of sp³-hybridized carbons (Fsp3) is 0.538. The Morgan fingerprint density at radius 2 is 2.33 bits per heavy atom. The van der Waals surface area contributed by atoms with Crippen molar-refractivity contribution in [2.75, 3.05) is 24.5 Å². The molecule has 3 rings (SSSR count). The van der Waals surface area contributed by atoms with Crippen molar-refractivity contribution in [1.82, 2.24) is 5.32 Å². The molecule has 2 heteroatoms. The van der Waals surface area contributed by atoms with Gasteiger partial charge in [0.25, 0.3) is 0 Å². The van der Waals surface area contributed by atoms with E-state index < -0.39 is 0 Å². The highest BCUT2D eigenvalue weighted by Crippen LogP contribution is 2.33. The van der Waals surface area contributed by atoms with Crippen LogP contribution in [0, 0.1) is 6.92 Å². The van der Waals surface area contributed by atoms with Crippen LogP contribution in [0.2, 0.25) is 0 Å². The predicted molar refractivity (Wildman–Crippen MR) is 63.5 cm³/mol. The fourth-order valence-electron chi connectivity index (χ4n) is 2.80. The van der Waals surface area contributed by atoms with Crippen molar-refractivity contribution in [3.05, 3.63) is 29.3 Å². The van der Waals surface area contributed by atoms with Crippen LogP contribution < -0.4 is 10.2 Å². The van der Waals surface area contributed by atoms with Crippen molar-refractivity contribution in [1.29, 1.82) is 0 Å².